The minimum absolute atomic E-state index is 0.0180. The molecule has 10 heteroatoms. The van der Waals surface area contributed by atoms with Gasteiger partial charge in [-0.3, -0.25) is 4.90 Å². The fourth-order valence-corrected chi connectivity index (χ4v) is 4.89. The van der Waals surface area contributed by atoms with Crippen molar-refractivity contribution in [1.29, 1.82) is 5.26 Å². The number of nitriles is 1. The molecule has 0 aromatic heterocycles. The molecule has 1 atom stereocenters. The normalized spacial score (nSPS) is 18.3. The number of anilines is 1. The van der Waals surface area contributed by atoms with Crippen LogP contribution in [0.5, 0.6) is 0 Å². The number of ether oxygens (including phenoxy) is 1. The number of amides is 2. The number of carbonyl (C=O) groups excluding carboxylic acids is 2. The van der Waals surface area contributed by atoms with E-state index < -0.39 is 29.8 Å². The number of benzene rings is 2. The van der Waals surface area contributed by atoms with Crippen LogP contribution in [0.25, 0.3) is 5.57 Å². The van der Waals surface area contributed by atoms with Crippen molar-refractivity contribution in [1.82, 2.24) is 10.2 Å². The first-order valence-corrected chi connectivity index (χ1v) is 12.1. The number of carbonyl (C=O) groups is 2. The molecule has 2 aromatic rings. The van der Waals surface area contributed by atoms with Crippen LogP contribution in [0.2, 0.25) is 0 Å². The van der Waals surface area contributed by atoms with Crippen LogP contribution in [0, 0.1) is 11.3 Å². The summed E-state index contributed by atoms with van der Waals surface area (Å²) in [5.41, 5.74) is 2.13. The third kappa shape index (κ3) is 5.02. The van der Waals surface area contributed by atoms with Gasteiger partial charge in [0.2, 0.25) is 0 Å². The number of urea groups is 1. The lowest BCUT2D eigenvalue weighted by atomic mass is 9.85. The molecule has 7 nitrogen and oxygen atoms in total. The second-order valence-corrected chi connectivity index (χ2v) is 9.00. The summed E-state index contributed by atoms with van der Waals surface area (Å²) in [4.78, 5) is 29.5. The zero-order valence-electron chi connectivity index (χ0n) is 21.2. The maximum atomic E-state index is 13.7. The summed E-state index contributed by atoms with van der Waals surface area (Å²) in [5.74, 6) is -0.680. The van der Waals surface area contributed by atoms with Crippen LogP contribution in [0.1, 0.15) is 48.6 Å². The number of hydrogen-bond acceptors (Lipinski definition) is 5. The number of rotatable bonds is 5. The molecule has 2 heterocycles. The van der Waals surface area contributed by atoms with Crippen LogP contribution < -0.4 is 10.2 Å². The van der Waals surface area contributed by atoms with Gasteiger partial charge in [-0.1, -0.05) is 18.2 Å². The lowest BCUT2D eigenvalue weighted by molar-refractivity contribution is -0.139. The molecule has 0 bridgehead atoms. The Kier molecular flexibility index (Phi) is 7.60. The summed E-state index contributed by atoms with van der Waals surface area (Å²) >= 11 is 0. The minimum atomic E-state index is -4.61. The van der Waals surface area contributed by atoms with Crippen LogP contribution in [0.15, 0.2) is 59.8 Å². The van der Waals surface area contributed by atoms with E-state index in [0.29, 0.717) is 24.1 Å². The van der Waals surface area contributed by atoms with E-state index in [-0.39, 0.29) is 23.6 Å². The van der Waals surface area contributed by atoms with Crippen LogP contribution in [0.3, 0.4) is 0 Å². The van der Waals surface area contributed by atoms with Gasteiger partial charge in [0.1, 0.15) is 0 Å². The number of nitrogens with zero attached hydrogens (tertiary/aromatic N) is 3. The van der Waals surface area contributed by atoms with Gasteiger partial charge in [0.15, 0.2) is 0 Å². The summed E-state index contributed by atoms with van der Waals surface area (Å²) < 4.78 is 45.7. The molecule has 2 amide bonds. The molecule has 0 spiro atoms. The Labute approximate surface area is 218 Å². The first-order chi connectivity index (χ1) is 18.1. The van der Waals surface area contributed by atoms with Gasteiger partial charge in [0.05, 0.1) is 41.1 Å². The maximum Gasteiger partial charge on any atom is 0.416 e. The molecule has 1 unspecified atom stereocenters. The van der Waals surface area contributed by atoms with E-state index in [0.717, 1.165) is 34.7 Å². The molecular weight excluding hydrogens is 497 g/mol. The molecule has 2 aliphatic rings. The molecular formula is C28H27F3N4O3. The predicted octanol–water partition coefficient (Wildman–Crippen LogP) is 5.40. The van der Waals surface area contributed by atoms with E-state index in [1.807, 2.05) is 6.08 Å². The van der Waals surface area contributed by atoms with Crippen molar-refractivity contribution in [3.05, 3.63) is 82.1 Å². The molecule has 1 N–H and O–H groups in total. The molecule has 4 rings (SSSR count). The Morgan fingerprint density at radius 1 is 1.24 bits per heavy atom. The van der Waals surface area contributed by atoms with Crippen molar-refractivity contribution in [2.75, 3.05) is 31.6 Å². The molecule has 0 fully saturated rings. The topological polar surface area (TPSA) is 85.7 Å². The van der Waals surface area contributed by atoms with Gasteiger partial charge in [-0.25, -0.2) is 9.59 Å². The van der Waals surface area contributed by atoms with E-state index in [9.17, 15) is 28.0 Å². The van der Waals surface area contributed by atoms with Gasteiger partial charge in [0.25, 0.3) is 0 Å². The quantitative estimate of drug-likeness (QED) is 0.529. The van der Waals surface area contributed by atoms with E-state index >= 15 is 0 Å². The van der Waals surface area contributed by atoms with Crippen molar-refractivity contribution in [3.63, 3.8) is 0 Å². The molecule has 38 heavy (non-hydrogen) atoms. The third-order valence-electron chi connectivity index (χ3n) is 6.69. The zero-order chi connectivity index (χ0) is 27.6. The predicted molar refractivity (Wildman–Crippen MR) is 136 cm³/mol. The highest BCUT2D eigenvalue weighted by molar-refractivity contribution is 6.03. The van der Waals surface area contributed by atoms with Gasteiger partial charge < -0.3 is 15.0 Å². The highest BCUT2D eigenvalue weighted by atomic mass is 19.4. The Bertz CT molecular complexity index is 1370. The first-order valence-electron chi connectivity index (χ1n) is 12.1. The smallest absolute Gasteiger partial charge is 0.416 e. The van der Waals surface area contributed by atoms with Crippen molar-refractivity contribution < 1.29 is 27.5 Å². The molecule has 0 saturated heterocycles. The Morgan fingerprint density at radius 3 is 2.63 bits per heavy atom. The SMILES string of the molecule is CCOC(=O)C1=C(C)N(c2cccc(C(F)(F)F)c2)C(=O)N(C)C1c1ccc(C#N)cc1C1=CCNCC1. The largest absolute Gasteiger partial charge is 0.463 e. The summed E-state index contributed by atoms with van der Waals surface area (Å²) in [7, 11) is 1.50. The van der Waals surface area contributed by atoms with Gasteiger partial charge >= 0.3 is 18.2 Å². The number of halogens is 3. The van der Waals surface area contributed by atoms with Crippen molar-refractivity contribution in [3.8, 4) is 6.07 Å². The van der Waals surface area contributed by atoms with Gasteiger partial charge in [0, 0.05) is 19.3 Å². The van der Waals surface area contributed by atoms with E-state index in [2.05, 4.69) is 11.4 Å². The monoisotopic (exact) mass is 524 g/mol. The Hall–Kier alpha value is -4.10. The summed E-state index contributed by atoms with van der Waals surface area (Å²) in [6.45, 7) is 4.61. The second-order valence-electron chi connectivity index (χ2n) is 9.00. The van der Waals surface area contributed by atoms with Crippen LogP contribution in [0.4, 0.5) is 23.7 Å². The minimum Gasteiger partial charge on any atom is -0.463 e. The van der Waals surface area contributed by atoms with E-state index in [1.54, 1.807) is 25.1 Å². The molecule has 2 aliphatic heterocycles. The average molecular weight is 525 g/mol. The second kappa shape index (κ2) is 10.7. The van der Waals surface area contributed by atoms with Gasteiger partial charge in [-0.05, 0) is 73.8 Å². The van der Waals surface area contributed by atoms with Crippen molar-refractivity contribution in [2.24, 2.45) is 0 Å². The number of hydrogen-bond donors (Lipinski definition) is 1. The molecule has 2 aromatic carbocycles. The third-order valence-corrected chi connectivity index (χ3v) is 6.69. The van der Waals surface area contributed by atoms with Crippen LogP contribution >= 0.6 is 0 Å². The lowest BCUT2D eigenvalue weighted by Crippen LogP contribution is -2.49. The lowest BCUT2D eigenvalue weighted by Gasteiger charge is -2.41. The first kappa shape index (κ1) is 26.9. The van der Waals surface area contributed by atoms with Gasteiger partial charge in [-0.15, -0.1) is 0 Å². The van der Waals surface area contributed by atoms with E-state index in [1.165, 1.54) is 31.0 Å². The fourth-order valence-electron chi connectivity index (χ4n) is 4.89. The zero-order valence-corrected chi connectivity index (χ0v) is 21.2. The van der Waals surface area contributed by atoms with Crippen molar-refractivity contribution in [2.45, 2.75) is 32.5 Å². The van der Waals surface area contributed by atoms with Gasteiger partial charge in [-0.2, -0.15) is 18.4 Å². The summed E-state index contributed by atoms with van der Waals surface area (Å²) in [5, 5.41) is 12.8. The standard InChI is InChI=1S/C28H27F3N4O3/c1-4-38-26(36)24-17(2)35(21-7-5-6-20(15-21)28(29,30)31)27(37)34(3)25(24)22-9-8-18(16-32)14-23(22)19-10-12-33-13-11-19/h5-10,14-15,25,33H,4,11-13H2,1-3H3. The van der Waals surface area contributed by atoms with Crippen molar-refractivity contribution >= 4 is 23.3 Å². The molecule has 0 aliphatic carbocycles. The van der Waals surface area contributed by atoms with Crippen LogP contribution in [-0.4, -0.2) is 43.6 Å². The molecule has 0 saturated carbocycles. The fraction of sp³-hybridized carbons (Fsp3) is 0.321. The van der Waals surface area contributed by atoms with E-state index in [4.69, 9.17) is 4.74 Å². The maximum absolute atomic E-state index is 13.7. The van der Waals surface area contributed by atoms with Crippen LogP contribution in [-0.2, 0) is 15.7 Å². The highest BCUT2D eigenvalue weighted by Gasteiger charge is 2.43. The molecule has 0 radical (unpaired) electrons. The highest BCUT2D eigenvalue weighted by Crippen LogP contribution is 2.43. The number of alkyl halides is 3. The molecule has 198 valence electrons. The average Bonchev–Trinajstić information content (AvgIpc) is 2.90. The Balaban J connectivity index is 1.94. The summed E-state index contributed by atoms with van der Waals surface area (Å²) in [6, 6.07) is 10.1. The number of allylic oxidation sites excluding steroid dienone is 1. The number of nitrogens with one attached hydrogen (secondary N) is 1. The summed E-state index contributed by atoms with van der Waals surface area (Å²) in [6.07, 6.45) is -1.92. The Morgan fingerprint density at radius 2 is 2.00 bits per heavy atom. The number of esters is 1. The number of likely N-dealkylation sites (N-methyl/N-ethyl adjacent to an activating group) is 1.